The minimum Gasteiger partial charge on any atom is -0.367 e. The number of aromatic amines is 1. The molecule has 0 radical (unpaired) electrons. The van der Waals surface area contributed by atoms with Crippen LogP contribution in [0.25, 0.3) is 0 Å². The SMILES string of the molecule is O=C(NC(c1cccs1)C1CCCC1)c1c[nH]ccc1=O. The summed E-state index contributed by atoms with van der Waals surface area (Å²) in [5, 5.41) is 5.10. The normalized spacial score (nSPS) is 16.8. The second kappa shape index (κ2) is 6.26. The fraction of sp³-hybridized carbons (Fsp3) is 0.375. The minimum absolute atomic E-state index is 0.0135. The maximum absolute atomic E-state index is 12.4. The molecular formula is C16H18N2O2S. The number of aromatic nitrogens is 1. The summed E-state index contributed by atoms with van der Waals surface area (Å²) >= 11 is 1.66. The van der Waals surface area contributed by atoms with Crippen molar-refractivity contribution in [2.75, 3.05) is 0 Å². The molecule has 1 amide bonds. The van der Waals surface area contributed by atoms with Crippen molar-refractivity contribution < 1.29 is 4.79 Å². The molecule has 21 heavy (non-hydrogen) atoms. The molecule has 1 aliphatic rings. The smallest absolute Gasteiger partial charge is 0.257 e. The fourth-order valence-electron chi connectivity index (χ4n) is 2.99. The van der Waals surface area contributed by atoms with Gasteiger partial charge in [-0.15, -0.1) is 11.3 Å². The number of nitrogens with one attached hydrogen (secondary N) is 2. The molecule has 3 rings (SSSR count). The largest absolute Gasteiger partial charge is 0.367 e. The second-order valence-corrected chi connectivity index (χ2v) is 6.41. The van der Waals surface area contributed by atoms with Gasteiger partial charge in [0.05, 0.1) is 6.04 Å². The highest BCUT2D eigenvalue weighted by Gasteiger charge is 2.29. The number of hydrogen-bond donors (Lipinski definition) is 2. The number of amides is 1. The van der Waals surface area contributed by atoms with Crippen LogP contribution in [0.1, 0.15) is 47.0 Å². The summed E-state index contributed by atoms with van der Waals surface area (Å²) in [6.45, 7) is 0. The molecule has 0 saturated heterocycles. The molecule has 5 heteroatoms. The first-order valence-corrected chi connectivity index (χ1v) is 8.15. The Hall–Kier alpha value is -1.88. The molecule has 0 aliphatic heterocycles. The zero-order chi connectivity index (χ0) is 14.7. The predicted octanol–water partition coefficient (Wildman–Crippen LogP) is 3.10. The highest BCUT2D eigenvalue weighted by atomic mass is 32.1. The molecule has 1 fully saturated rings. The topological polar surface area (TPSA) is 62.0 Å². The summed E-state index contributed by atoms with van der Waals surface area (Å²) in [4.78, 5) is 28.1. The predicted molar refractivity (Wildman–Crippen MR) is 83.5 cm³/mol. The number of thiophene rings is 1. The Labute approximate surface area is 127 Å². The summed E-state index contributed by atoms with van der Waals surface area (Å²) in [5.74, 6) is 0.178. The molecule has 2 N–H and O–H groups in total. The van der Waals surface area contributed by atoms with Crippen molar-refractivity contribution in [1.29, 1.82) is 0 Å². The number of carbonyl (C=O) groups is 1. The lowest BCUT2D eigenvalue weighted by molar-refractivity contribution is 0.0921. The molecule has 0 aromatic carbocycles. The van der Waals surface area contributed by atoms with Gasteiger partial charge in [0.2, 0.25) is 0 Å². The molecule has 2 aromatic heterocycles. The van der Waals surface area contributed by atoms with Crippen LogP contribution < -0.4 is 10.7 Å². The van der Waals surface area contributed by atoms with Crippen molar-refractivity contribution >= 4 is 17.2 Å². The molecule has 0 bridgehead atoms. The van der Waals surface area contributed by atoms with Gasteiger partial charge in [-0.3, -0.25) is 9.59 Å². The highest BCUT2D eigenvalue weighted by molar-refractivity contribution is 7.10. The quantitative estimate of drug-likeness (QED) is 0.911. The molecule has 2 heterocycles. The van der Waals surface area contributed by atoms with Crippen LogP contribution in [0.3, 0.4) is 0 Å². The third-order valence-corrected chi connectivity index (χ3v) is 5.03. The first-order valence-electron chi connectivity index (χ1n) is 7.27. The van der Waals surface area contributed by atoms with Gasteiger partial charge in [-0.1, -0.05) is 18.9 Å². The van der Waals surface area contributed by atoms with Gasteiger partial charge in [-0.05, 0) is 30.2 Å². The van der Waals surface area contributed by atoms with Crippen LogP contribution in [0.2, 0.25) is 0 Å². The molecular weight excluding hydrogens is 284 g/mol. The van der Waals surface area contributed by atoms with Gasteiger partial charge in [-0.25, -0.2) is 0 Å². The van der Waals surface area contributed by atoms with E-state index in [1.165, 1.54) is 36.2 Å². The van der Waals surface area contributed by atoms with Crippen LogP contribution in [0, 0.1) is 5.92 Å². The van der Waals surface area contributed by atoms with Gasteiger partial charge in [0.1, 0.15) is 5.56 Å². The summed E-state index contributed by atoms with van der Waals surface area (Å²) in [6.07, 6.45) is 7.70. The zero-order valence-corrected chi connectivity index (χ0v) is 12.5. The van der Waals surface area contributed by atoms with Crippen molar-refractivity contribution in [2.45, 2.75) is 31.7 Å². The van der Waals surface area contributed by atoms with E-state index >= 15 is 0 Å². The molecule has 1 saturated carbocycles. The Morgan fingerprint density at radius 2 is 2.14 bits per heavy atom. The third kappa shape index (κ3) is 3.08. The summed E-state index contributed by atoms with van der Waals surface area (Å²) in [7, 11) is 0. The van der Waals surface area contributed by atoms with Crippen molar-refractivity contribution in [3.63, 3.8) is 0 Å². The average Bonchev–Trinajstić information content (AvgIpc) is 3.18. The van der Waals surface area contributed by atoms with Crippen molar-refractivity contribution in [2.24, 2.45) is 5.92 Å². The van der Waals surface area contributed by atoms with Crippen LogP contribution >= 0.6 is 11.3 Å². The minimum atomic E-state index is -0.290. The molecule has 4 nitrogen and oxygen atoms in total. The highest BCUT2D eigenvalue weighted by Crippen LogP contribution is 2.37. The van der Waals surface area contributed by atoms with Gasteiger partial charge in [0, 0.05) is 23.3 Å². The number of carbonyl (C=O) groups excluding carboxylic acids is 1. The summed E-state index contributed by atoms with van der Waals surface area (Å²) in [5.41, 5.74) is -0.0698. The van der Waals surface area contributed by atoms with Gasteiger partial charge < -0.3 is 10.3 Å². The van der Waals surface area contributed by atoms with Gasteiger partial charge >= 0.3 is 0 Å². The number of H-pyrrole nitrogens is 1. The monoisotopic (exact) mass is 302 g/mol. The van der Waals surface area contributed by atoms with Gasteiger partial charge in [0.15, 0.2) is 5.43 Å². The molecule has 1 atom stereocenters. The van der Waals surface area contributed by atoms with E-state index in [4.69, 9.17) is 0 Å². The Kier molecular flexibility index (Phi) is 4.20. The van der Waals surface area contributed by atoms with E-state index in [1.54, 1.807) is 11.3 Å². The Morgan fingerprint density at radius 1 is 1.33 bits per heavy atom. The van der Waals surface area contributed by atoms with Crippen LogP contribution in [0.4, 0.5) is 0 Å². The zero-order valence-electron chi connectivity index (χ0n) is 11.7. The standard InChI is InChI=1S/C16H18N2O2S/c19-13-7-8-17-10-12(13)16(20)18-15(11-4-1-2-5-11)14-6-3-9-21-14/h3,6-11,15H,1-2,4-5H2,(H,17,19)(H,18,20). The van der Waals surface area contributed by atoms with E-state index in [0.717, 1.165) is 12.8 Å². The molecule has 1 aliphatic carbocycles. The van der Waals surface area contributed by atoms with E-state index < -0.39 is 0 Å². The molecule has 1 unspecified atom stereocenters. The average molecular weight is 302 g/mol. The maximum atomic E-state index is 12.4. The van der Waals surface area contributed by atoms with Crippen molar-refractivity contribution in [3.05, 3.63) is 56.6 Å². The Balaban J connectivity index is 1.83. The first kappa shape index (κ1) is 14.1. The van der Waals surface area contributed by atoms with E-state index in [9.17, 15) is 9.59 Å². The van der Waals surface area contributed by atoms with Gasteiger partial charge in [-0.2, -0.15) is 0 Å². The molecule has 0 spiro atoms. The van der Waals surface area contributed by atoms with Crippen LogP contribution in [-0.4, -0.2) is 10.9 Å². The summed E-state index contributed by atoms with van der Waals surface area (Å²) in [6, 6.07) is 5.46. The number of rotatable bonds is 4. The van der Waals surface area contributed by atoms with E-state index in [2.05, 4.69) is 16.4 Å². The van der Waals surface area contributed by atoms with E-state index in [0.29, 0.717) is 5.92 Å². The van der Waals surface area contributed by atoms with Gasteiger partial charge in [0.25, 0.3) is 5.91 Å². The molecule has 2 aromatic rings. The summed E-state index contributed by atoms with van der Waals surface area (Å²) < 4.78 is 0. The number of pyridine rings is 1. The van der Waals surface area contributed by atoms with E-state index in [1.807, 2.05) is 11.4 Å². The first-order chi connectivity index (χ1) is 10.3. The lowest BCUT2D eigenvalue weighted by atomic mass is 9.96. The second-order valence-electron chi connectivity index (χ2n) is 5.43. The Bertz CT molecular complexity index is 657. The maximum Gasteiger partial charge on any atom is 0.257 e. The van der Waals surface area contributed by atoms with Crippen LogP contribution in [0.15, 0.2) is 40.8 Å². The van der Waals surface area contributed by atoms with Crippen molar-refractivity contribution in [1.82, 2.24) is 10.3 Å². The molecule has 110 valence electrons. The Morgan fingerprint density at radius 3 is 2.81 bits per heavy atom. The van der Waals surface area contributed by atoms with E-state index in [-0.39, 0.29) is 22.9 Å². The lowest BCUT2D eigenvalue weighted by Crippen LogP contribution is -2.34. The third-order valence-electron chi connectivity index (χ3n) is 4.08. The lowest BCUT2D eigenvalue weighted by Gasteiger charge is -2.23. The van der Waals surface area contributed by atoms with Crippen LogP contribution in [-0.2, 0) is 0 Å². The fourth-order valence-corrected chi connectivity index (χ4v) is 3.86. The van der Waals surface area contributed by atoms with Crippen molar-refractivity contribution in [3.8, 4) is 0 Å². The van der Waals surface area contributed by atoms with Crippen LogP contribution in [0.5, 0.6) is 0 Å². The number of hydrogen-bond acceptors (Lipinski definition) is 3.